The first-order valence-corrected chi connectivity index (χ1v) is 11.9. The molecule has 9 heteroatoms. The third-order valence-corrected chi connectivity index (χ3v) is 7.86. The van der Waals surface area contributed by atoms with E-state index in [4.69, 9.17) is 22.7 Å². The summed E-state index contributed by atoms with van der Waals surface area (Å²) in [5.41, 5.74) is 10.3. The van der Waals surface area contributed by atoms with Gasteiger partial charge in [-0.1, -0.05) is 60.7 Å². The lowest BCUT2D eigenvalue weighted by Gasteiger charge is -2.49. The number of benzene rings is 2. The van der Waals surface area contributed by atoms with Crippen molar-refractivity contribution in [3.05, 3.63) is 94.1 Å². The van der Waals surface area contributed by atoms with Crippen LogP contribution in [0.25, 0.3) is 0 Å². The quantitative estimate of drug-likeness (QED) is 0.452. The maximum Gasteiger partial charge on any atom is 0.248 e. The Morgan fingerprint density at radius 3 is 2.32 bits per heavy atom. The summed E-state index contributed by atoms with van der Waals surface area (Å²) in [5, 5.41) is 8.96. The highest BCUT2D eigenvalue weighted by Crippen LogP contribution is 2.47. The van der Waals surface area contributed by atoms with Gasteiger partial charge in [0.2, 0.25) is 11.0 Å². The normalized spacial score (nSPS) is 22.5. The molecule has 1 fully saturated rings. The molecule has 156 valence electrons. The van der Waals surface area contributed by atoms with Crippen LogP contribution >= 0.6 is 35.3 Å². The molecule has 0 aliphatic carbocycles. The number of rotatable bonds is 5. The molecule has 6 nitrogen and oxygen atoms in total. The van der Waals surface area contributed by atoms with E-state index >= 15 is 0 Å². The van der Waals surface area contributed by atoms with Gasteiger partial charge in [-0.2, -0.15) is 0 Å². The zero-order valence-corrected chi connectivity index (χ0v) is 18.6. The van der Waals surface area contributed by atoms with E-state index in [1.807, 2.05) is 66.7 Å². The average Bonchev–Trinajstić information content (AvgIpc) is 3.37. The summed E-state index contributed by atoms with van der Waals surface area (Å²) >= 11 is 8.77. The molecular formula is C22H18N4O2S3. The Hall–Kier alpha value is -2.59. The minimum absolute atomic E-state index is 0.0867. The monoisotopic (exact) mass is 466 g/mol. The third-order valence-electron chi connectivity index (χ3n) is 5.20. The molecule has 0 radical (unpaired) electrons. The number of hydrogen-bond donors (Lipinski definition) is 1. The van der Waals surface area contributed by atoms with Crippen LogP contribution in [-0.2, 0) is 9.53 Å². The Morgan fingerprint density at radius 1 is 1.10 bits per heavy atom. The molecule has 1 unspecified atom stereocenters. The number of β-lactam (4-membered cyclic amide) rings is 1. The predicted octanol–water partition coefficient (Wildman–Crippen LogP) is 3.84. The Morgan fingerprint density at radius 2 is 1.74 bits per heavy atom. The fraction of sp³-hybridized carbons (Fsp3) is 0.182. The maximum atomic E-state index is 12.5. The van der Waals surface area contributed by atoms with Crippen LogP contribution in [0.3, 0.4) is 0 Å². The number of carbonyl (C=O) groups excluding carboxylic acids is 1. The van der Waals surface area contributed by atoms with E-state index in [1.165, 1.54) is 11.3 Å². The van der Waals surface area contributed by atoms with Crippen LogP contribution in [0.15, 0.2) is 77.9 Å². The second kappa shape index (κ2) is 8.51. The maximum absolute atomic E-state index is 12.5. The molecule has 3 heterocycles. The van der Waals surface area contributed by atoms with Gasteiger partial charge in [-0.15, -0.1) is 33.3 Å². The number of fused-ring (bicyclic) bond motifs is 1. The molecule has 0 bridgehead atoms. The molecule has 2 aliphatic heterocycles. The summed E-state index contributed by atoms with van der Waals surface area (Å²) in [6.45, 7) is 0. The van der Waals surface area contributed by atoms with Gasteiger partial charge in [0.05, 0.1) is 10.9 Å². The third kappa shape index (κ3) is 3.78. The van der Waals surface area contributed by atoms with E-state index in [0.717, 1.165) is 16.1 Å². The standard InChI is InChI=1S/C22H18N4O2S3/c23-17-20(27)26-15(11-16(31-21(17)26)19-25-24-12-30-19)22(29)28-18(13-7-3-1-4-8-13)14-9-5-2-6-10-14/h1-12,16-18,21H,23H2/t16?,17-,21-/m1/s1. The van der Waals surface area contributed by atoms with Gasteiger partial charge in [-0.05, 0) is 29.4 Å². The minimum Gasteiger partial charge on any atom is -0.469 e. The second-order valence-electron chi connectivity index (χ2n) is 7.12. The molecule has 3 aromatic rings. The number of aromatic nitrogens is 2. The zero-order chi connectivity index (χ0) is 21.4. The number of carbonyl (C=O) groups is 1. The van der Waals surface area contributed by atoms with Gasteiger partial charge in [-0.25, -0.2) is 0 Å². The fourth-order valence-electron chi connectivity index (χ4n) is 3.65. The number of thiocarbonyl (C=S) groups is 1. The minimum atomic E-state index is -0.564. The van der Waals surface area contributed by atoms with Crippen molar-refractivity contribution in [3.63, 3.8) is 0 Å². The molecule has 0 spiro atoms. The lowest BCUT2D eigenvalue weighted by atomic mass is 10.0. The lowest BCUT2D eigenvalue weighted by molar-refractivity contribution is -0.140. The molecule has 0 saturated carbocycles. The number of hydrogen-bond acceptors (Lipinski definition) is 8. The summed E-state index contributed by atoms with van der Waals surface area (Å²) in [4.78, 5) is 14.2. The Balaban J connectivity index is 1.48. The van der Waals surface area contributed by atoms with Crippen molar-refractivity contribution in [2.75, 3.05) is 0 Å². The topological polar surface area (TPSA) is 81.3 Å². The SMILES string of the molecule is N[C@@H]1C(=O)N2C(C(=S)OC(c3ccccc3)c3ccccc3)=CC(c3nncs3)S[C@H]12. The first kappa shape index (κ1) is 20.3. The highest BCUT2D eigenvalue weighted by molar-refractivity contribution is 8.00. The average molecular weight is 467 g/mol. The summed E-state index contributed by atoms with van der Waals surface area (Å²) in [6.07, 6.45) is 1.54. The van der Waals surface area contributed by atoms with Crippen molar-refractivity contribution in [1.29, 1.82) is 0 Å². The molecule has 3 atom stereocenters. The largest absolute Gasteiger partial charge is 0.469 e. The molecule has 1 aromatic heterocycles. The van der Waals surface area contributed by atoms with Gasteiger partial charge in [0.1, 0.15) is 28.0 Å². The fourth-order valence-corrected chi connectivity index (χ4v) is 6.04. The first-order chi connectivity index (χ1) is 15.1. The molecule has 2 aromatic carbocycles. The van der Waals surface area contributed by atoms with Crippen molar-refractivity contribution in [2.45, 2.75) is 22.8 Å². The van der Waals surface area contributed by atoms with E-state index in [0.29, 0.717) is 5.70 Å². The number of thioether (sulfide) groups is 1. The highest BCUT2D eigenvalue weighted by Gasteiger charge is 2.52. The van der Waals surface area contributed by atoms with Gasteiger partial charge >= 0.3 is 0 Å². The number of nitrogens with two attached hydrogens (primary N) is 1. The van der Waals surface area contributed by atoms with E-state index in [-0.39, 0.29) is 21.6 Å². The highest BCUT2D eigenvalue weighted by atomic mass is 32.2. The Bertz CT molecular complexity index is 1080. The van der Waals surface area contributed by atoms with Crippen LogP contribution in [0, 0.1) is 0 Å². The van der Waals surface area contributed by atoms with Crippen molar-refractivity contribution >= 4 is 46.3 Å². The molecule has 2 aliphatic rings. The summed E-state index contributed by atoms with van der Waals surface area (Å²) in [5.74, 6) is -0.151. The second-order valence-corrected chi connectivity index (χ2v) is 9.62. The van der Waals surface area contributed by atoms with Crippen LogP contribution in [0.4, 0.5) is 0 Å². The molecule has 1 amide bonds. The van der Waals surface area contributed by atoms with Crippen LogP contribution in [0.5, 0.6) is 0 Å². The van der Waals surface area contributed by atoms with Gasteiger partial charge in [0.25, 0.3) is 0 Å². The van der Waals surface area contributed by atoms with E-state index in [9.17, 15) is 4.79 Å². The summed E-state index contributed by atoms with van der Waals surface area (Å²) in [7, 11) is 0. The Labute approximate surface area is 193 Å². The molecule has 2 N–H and O–H groups in total. The van der Waals surface area contributed by atoms with Crippen molar-refractivity contribution in [1.82, 2.24) is 15.1 Å². The van der Waals surface area contributed by atoms with E-state index < -0.39 is 12.1 Å². The molecule has 1 saturated heterocycles. The smallest absolute Gasteiger partial charge is 0.248 e. The number of nitrogens with zero attached hydrogens (tertiary/aromatic N) is 3. The van der Waals surface area contributed by atoms with Crippen molar-refractivity contribution in [2.24, 2.45) is 5.73 Å². The molecular weight excluding hydrogens is 448 g/mol. The molecule has 5 rings (SSSR count). The molecule has 31 heavy (non-hydrogen) atoms. The predicted molar refractivity (Wildman–Crippen MR) is 125 cm³/mol. The van der Waals surface area contributed by atoms with Crippen LogP contribution in [0.1, 0.15) is 27.5 Å². The number of amides is 1. The van der Waals surface area contributed by atoms with E-state index in [2.05, 4.69) is 10.2 Å². The Kier molecular flexibility index (Phi) is 5.58. The van der Waals surface area contributed by atoms with Gasteiger partial charge in [-0.3, -0.25) is 9.69 Å². The van der Waals surface area contributed by atoms with Crippen molar-refractivity contribution in [3.8, 4) is 0 Å². The number of ether oxygens (including phenoxy) is 1. The first-order valence-electron chi connectivity index (χ1n) is 9.66. The van der Waals surface area contributed by atoms with Crippen molar-refractivity contribution < 1.29 is 9.53 Å². The summed E-state index contributed by atoms with van der Waals surface area (Å²) < 4.78 is 6.35. The van der Waals surface area contributed by atoms with Gasteiger partial charge < -0.3 is 10.5 Å². The van der Waals surface area contributed by atoms with Gasteiger partial charge in [0, 0.05) is 0 Å². The summed E-state index contributed by atoms with van der Waals surface area (Å²) in [6, 6.07) is 19.2. The van der Waals surface area contributed by atoms with Gasteiger partial charge in [0.15, 0.2) is 0 Å². The van der Waals surface area contributed by atoms with Crippen LogP contribution in [0.2, 0.25) is 0 Å². The lowest BCUT2D eigenvalue weighted by Crippen LogP contribution is -2.68. The van der Waals surface area contributed by atoms with Crippen LogP contribution < -0.4 is 5.73 Å². The van der Waals surface area contributed by atoms with E-state index in [1.54, 1.807) is 22.2 Å². The van der Waals surface area contributed by atoms with Crippen LogP contribution in [-0.4, -0.2) is 37.5 Å². The zero-order valence-electron chi connectivity index (χ0n) is 16.2.